The topological polar surface area (TPSA) is 82.6 Å². The van der Waals surface area contributed by atoms with Gasteiger partial charge in [-0.25, -0.2) is 13.1 Å². The maximum Gasteiger partial charge on any atom is 0.240 e. The minimum absolute atomic E-state index is 0.208. The summed E-state index contributed by atoms with van der Waals surface area (Å²) in [6, 6.07) is 16.4. The van der Waals surface area contributed by atoms with Crippen LogP contribution in [-0.2, 0) is 16.6 Å². The number of sulfonamides is 1. The zero-order chi connectivity index (χ0) is 18.3. The maximum atomic E-state index is 11.7. The Kier molecular flexibility index (Phi) is 6.63. The van der Waals surface area contributed by atoms with Gasteiger partial charge in [0.15, 0.2) is 5.11 Å². The molecule has 0 unspecified atom stereocenters. The number of hydrogen-bond donors (Lipinski definition) is 3. The number of thiocarbonyl (C=S) groups is 1. The number of benzene rings is 2. The van der Waals surface area contributed by atoms with Crippen LogP contribution in [0.4, 0.5) is 0 Å². The molecule has 132 valence electrons. The maximum absolute atomic E-state index is 11.7. The lowest BCUT2D eigenvalue weighted by molar-refractivity contribution is 0.588. The van der Waals surface area contributed by atoms with E-state index in [-0.39, 0.29) is 4.90 Å². The zero-order valence-electron chi connectivity index (χ0n) is 14.0. The summed E-state index contributed by atoms with van der Waals surface area (Å²) in [5, 5.41) is 7.70. The summed E-state index contributed by atoms with van der Waals surface area (Å²) in [5.41, 5.74) is 5.40. The second-order valence-corrected chi connectivity index (χ2v) is 7.50. The zero-order valence-corrected chi connectivity index (χ0v) is 15.6. The minimum Gasteiger partial charge on any atom is -0.357 e. The quantitative estimate of drug-likeness (QED) is 0.408. The van der Waals surface area contributed by atoms with E-state index in [4.69, 9.17) is 12.2 Å². The lowest BCUT2D eigenvalue weighted by Crippen LogP contribution is -2.32. The molecule has 0 saturated heterocycles. The van der Waals surface area contributed by atoms with E-state index in [0.717, 1.165) is 11.1 Å². The Hall–Kier alpha value is -2.29. The Bertz CT molecular complexity index is 848. The monoisotopic (exact) mass is 376 g/mol. The molecule has 0 heterocycles. The highest BCUT2D eigenvalue weighted by Crippen LogP contribution is 2.10. The first-order valence-electron chi connectivity index (χ1n) is 7.58. The summed E-state index contributed by atoms with van der Waals surface area (Å²) in [7, 11) is -2.06. The van der Waals surface area contributed by atoms with Gasteiger partial charge in [-0.15, -0.1) is 0 Å². The van der Waals surface area contributed by atoms with Crippen LogP contribution in [0.15, 0.2) is 64.6 Å². The van der Waals surface area contributed by atoms with Crippen molar-refractivity contribution in [2.45, 2.75) is 18.4 Å². The van der Waals surface area contributed by atoms with Gasteiger partial charge in [0.2, 0.25) is 10.0 Å². The van der Waals surface area contributed by atoms with Crippen molar-refractivity contribution in [3.63, 3.8) is 0 Å². The van der Waals surface area contributed by atoms with Gasteiger partial charge in [0.05, 0.1) is 10.6 Å². The second kappa shape index (κ2) is 8.70. The van der Waals surface area contributed by atoms with Crippen molar-refractivity contribution in [1.29, 1.82) is 0 Å². The molecule has 6 nitrogen and oxygen atoms in total. The van der Waals surface area contributed by atoms with Crippen LogP contribution in [0.5, 0.6) is 0 Å². The number of nitrogens with one attached hydrogen (secondary N) is 3. The van der Waals surface area contributed by atoms with Crippen LogP contribution in [-0.4, -0.2) is 26.3 Å². The fourth-order valence-electron chi connectivity index (χ4n) is 2.01. The molecule has 2 aromatic carbocycles. The van der Waals surface area contributed by atoms with Crippen molar-refractivity contribution in [1.82, 2.24) is 15.5 Å². The molecule has 3 N–H and O–H groups in total. The first-order chi connectivity index (χ1) is 11.9. The lowest BCUT2D eigenvalue weighted by Gasteiger charge is -2.08. The Balaban J connectivity index is 1.93. The van der Waals surface area contributed by atoms with Crippen LogP contribution in [0, 0.1) is 0 Å². The van der Waals surface area contributed by atoms with E-state index in [0.29, 0.717) is 17.4 Å². The third kappa shape index (κ3) is 5.63. The van der Waals surface area contributed by atoms with Gasteiger partial charge < -0.3 is 5.32 Å². The lowest BCUT2D eigenvalue weighted by atomic mass is 10.1. The molecule has 2 aromatic rings. The molecule has 25 heavy (non-hydrogen) atoms. The summed E-state index contributed by atoms with van der Waals surface area (Å²) >= 11 is 5.19. The fourth-order valence-corrected chi connectivity index (χ4v) is 2.86. The predicted molar refractivity (Wildman–Crippen MR) is 104 cm³/mol. The number of nitrogens with zero attached hydrogens (tertiary/aromatic N) is 1. The molecule has 2 rings (SSSR count). The molecule has 0 radical (unpaired) electrons. The van der Waals surface area contributed by atoms with Crippen LogP contribution in [0.2, 0.25) is 0 Å². The van der Waals surface area contributed by atoms with Crippen LogP contribution >= 0.6 is 12.2 Å². The summed E-state index contributed by atoms with van der Waals surface area (Å²) in [4.78, 5) is 0.208. The fraction of sp³-hybridized carbons (Fsp3) is 0.176. The Morgan fingerprint density at radius 3 is 2.32 bits per heavy atom. The van der Waals surface area contributed by atoms with E-state index in [2.05, 4.69) is 20.6 Å². The van der Waals surface area contributed by atoms with Crippen molar-refractivity contribution in [3.8, 4) is 0 Å². The van der Waals surface area contributed by atoms with E-state index < -0.39 is 10.0 Å². The molecule has 0 fully saturated rings. The summed E-state index contributed by atoms with van der Waals surface area (Å²) in [6.45, 7) is 2.42. The van der Waals surface area contributed by atoms with Gasteiger partial charge in [-0.3, -0.25) is 5.43 Å². The molecule has 0 spiro atoms. The normalized spacial score (nSPS) is 11.8. The van der Waals surface area contributed by atoms with Crippen LogP contribution in [0.25, 0.3) is 0 Å². The van der Waals surface area contributed by atoms with Crippen molar-refractivity contribution in [2.75, 3.05) is 7.05 Å². The SMILES string of the molecule is CNS(=O)(=O)c1ccc(/C(C)=N\NC(=S)NCc2ccccc2)cc1. The summed E-state index contributed by atoms with van der Waals surface area (Å²) in [6.07, 6.45) is 0. The molecule has 0 bridgehead atoms. The molecule has 0 atom stereocenters. The average molecular weight is 377 g/mol. The highest BCUT2D eigenvalue weighted by Gasteiger charge is 2.10. The van der Waals surface area contributed by atoms with E-state index in [1.54, 1.807) is 12.1 Å². The van der Waals surface area contributed by atoms with Crippen molar-refractivity contribution >= 4 is 33.1 Å². The number of hydrogen-bond acceptors (Lipinski definition) is 4. The summed E-state index contributed by atoms with van der Waals surface area (Å²) in [5.74, 6) is 0. The van der Waals surface area contributed by atoms with E-state index >= 15 is 0 Å². The second-order valence-electron chi connectivity index (χ2n) is 5.21. The third-order valence-electron chi connectivity index (χ3n) is 3.47. The van der Waals surface area contributed by atoms with E-state index in [1.165, 1.54) is 19.2 Å². The molecule has 0 saturated carbocycles. The van der Waals surface area contributed by atoms with Gasteiger partial charge in [-0.1, -0.05) is 42.5 Å². The average Bonchev–Trinajstić information content (AvgIpc) is 2.65. The molecular formula is C17H20N4O2S2. The highest BCUT2D eigenvalue weighted by molar-refractivity contribution is 7.89. The van der Waals surface area contributed by atoms with Gasteiger partial charge in [0.25, 0.3) is 0 Å². The van der Waals surface area contributed by atoms with Crippen LogP contribution < -0.4 is 15.5 Å². The molecule has 0 aliphatic carbocycles. The Morgan fingerprint density at radius 2 is 1.72 bits per heavy atom. The molecule has 0 amide bonds. The van der Waals surface area contributed by atoms with Crippen LogP contribution in [0.3, 0.4) is 0 Å². The van der Waals surface area contributed by atoms with E-state index in [9.17, 15) is 8.42 Å². The minimum atomic E-state index is -3.44. The van der Waals surface area contributed by atoms with Crippen molar-refractivity contribution in [2.24, 2.45) is 5.10 Å². The van der Waals surface area contributed by atoms with Gasteiger partial charge >= 0.3 is 0 Å². The van der Waals surface area contributed by atoms with Gasteiger partial charge in [-0.2, -0.15) is 5.10 Å². The molecule has 0 aliphatic heterocycles. The molecular weight excluding hydrogens is 356 g/mol. The summed E-state index contributed by atoms with van der Waals surface area (Å²) < 4.78 is 25.7. The molecule has 8 heteroatoms. The van der Waals surface area contributed by atoms with Crippen molar-refractivity contribution in [3.05, 3.63) is 65.7 Å². The Morgan fingerprint density at radius 1 is 1.08 bits per heavy atom. The van der Waals surface area contributed by atoms with Gasteiger partial charge in [0.1, 0.15) is 0 Å². The smallest absolute Gasteiger partial charge is 0.240 e. The van der Waals surface area contributed by atoms with Crippen LogP contribution in [0.1, 0.15) is 18.1 Å². The third-order valence-corrected chi connectivity index (χ3v) is 5.14. The first kappa shape index (κ1) is 19.0. The molecule has 0 aromatic heterocycles. The standard InChI is InChI=1S/C17H20N4O2S2/c1-13(15-8-10-16(11-9-15)25(22,23)18-2)20-21-17(24)19-12-14-6-4-3-5-7-14/h3-11,18H,12H2,1-2H3,(H2,19,21,24)/b20-13-. The number of rotatable bonds is 6. The largest absolute Gasteiger partial charge is 0.357 e. The van der Waals surface area contributed by atoms with E-state index in [1.807, 2.05) is 37.3 Å². The first-order valence-corrected chi connectivity index (χ1v) is 9.47. The highest BCUT2D eigenvalue weighted by atomic mass is 32.2. The van der Waals surface area contributed by atoms with Gasteiger partial charge in [-0.05, 0) is 49.4 Å². The Labute approximate surface area is 153 Å². The molecule has 0 aliphatic rings. The number of hydrazone groups is 1. The van der Waals surface area contributed by atoms with Crippen molar-refractivity contribution < 1.29 is 8.42 Å². The van der Waals surface area contributed by atoms with Gasteiger partial charge in [0, 0.05) is 6.54 Å². The predicted octanol–water partition coefficient (Wildman–Crippen LogP) is 1.98.